The Morgan fingerprint density at radius 2 is 1.82 bits per heavy atom. The van der Waals surface area contributed by atoms with Gasteiger partial charge in [-0.3, -0.25) is 23.7 Å². The van der Waals surface area contributed by atoms with E-state index in [1.54, 1.807) is 12.3 Å². The molecule has 8 nitrogen and oxygen atoms in total. The van der Waals surface area contributed by atoms with Gasteiger partial charge in [-0.25, -0.2) is 4.98 Å². The first kappa shape index (κ1) is 18.4. The number of carbonyl (C=O) groups excluding carboxylic acids is 1. The second-order valence-corrected chi connectivity index (χ2v) is 7.00. The molecule has 0 aliphatic carbocycles. The predicted molar refractivity (Wildman–Crippen MR) is 106 cm³/mol. The monoisotopic (exact) mass is 380 g/mol. The van der Waals surface area contributed by atoms with Crippen LogP contribution in [0.2, 0.25) is 0 Å². The summed E-state index contributed by atoms with van der Waals surface area (Å²) in [6.45, 7) is 5.33. The number of aryl methyl sites for hydroxylation is 1. The number of hydrogen-bond donors (Lipinski definition) is 0. The second kappa shape index (κ2) is 8.35. The molecule has 1 aliphatic heterocycles. The Kier molecular flexibility index (Phi) is 5.48. The Labute approximate surface area is 163 Å². The molecule has 0 spiro atoms. The van der Waals surface area contributed by atoms with Gasteiger partial charge in [0, 0.05) is 58.1 Å². The molecule has 4 rings (SSSR count). The average molecular weight is 380 g/mol. The largest absolute Gasteiger partial charge is 0.340 e. The van der Waals surface area contributed by atoms with Gasteiger partial charge in [-0.15, -0.1) is 0 Å². The lowest BCUT2D eigenvalue weighted by Crippen LogP contribution is -2.49. The van der Waals surface area contributed by atoms with Crippen molar-refractivity contribution in [3.8, 4) is 0 Å². The van der Waals surface area contributed by atoms with Crippen molar-refractivity contribution in [1.29, 1.82) is 0 Å². The van der Waals surface area contributed by atoms with Gasteiger partial charge in [0.25, 0.3) is 5.56 Å². The topological polar surface area (TPSA) is 76.3 Å². The molecule has 3 heterocycles. The normalized spacial score (nSPS) is 15.2. The Morgan fingerprint density at radius 3 is 2.61 bits per heavy atom. The van der Waals surface area contributed by atoms with Crippen LogP contribution in [0, 0.1) is 0 Å². The Bertz CT molecular complexity index is 989. The number of hydrogen-bond acceptors (Lipinski definition) is 5. The molecule has 0 saturated carbocycles. The first-order valence-corrected chi connectivity index (χ1v) is 9.62. The van der Waals surface area contributed by atoms with E-state index in [1.807, 2.05) is 40.0 Å². The van der Waals surface area contributed by atoms with Crippen LogP contribution in [-0.4, -0.2) is 67.8 Å². The standard InChI is InChI=1S/C20H24N6O2/c27-19(6-9-25-16-21-18-5-2-1-4-17(18)20(25)28)24-13-10-23(11-14-24)12-15-26-8-3-7-22-26/h1-5,7-8,16H,6,9-15H2. The average Bonchev–Trinajstić information content (AvgIpc) is 3.26. The summed E-state index contributed by atoms with van der Waals surface area (Å²) >= 11 is 0. The summed E-state index contributed by atoms with van der Waals surface area (Å²) in [6, 6.07) is 9.20. The lowest BCUT2D eigenvalue weighted by molar-refractivity contribution is -0.133. The molecule has 1 amide bonds. The number of aromatic nitrogens is 4. The zero-order valence-electron chi connectivity index (χ0n) is 15.8. The fourth-order valence-electron chi connectivity index (χ4n) is 3.54. The highest BCUT2D eigenvalue weighted by Gasteiger charge is 2.20. The molecule has 0 unspecified atom stereocenters. The Hall–Kier alpha value is -3.00. The quantitative estimate of drug-likeness (QED) is 0.633. The molecule has 1 aliphatic rings. The van der Waals surface area contributed by atoms with E-state index in [9.17, 15) is 9.59 Å². The van der Waals surface area contributed by atoms with Crippen molar-refractivity contribution in [2.75, 3.05) is 32.7 Å². The molecule has 0 bridgehead atoms. The molecule has 28 heavy (non-hydrogen) atoms. The fourth-order valence-corrected chi connectivity index (χ4v) is 3.54. The lowest BCUT2D eigenvalue weighted by atomic mass is 10.2. The minimum Gasteiger partial charge on any atom is -0.340 e. The third-order valence-corrected chi connectivity index (χ3v) is 5.23. The van der Waals surface area contributed by atoms with E-state index >= 15 is 0 Å². The van der Waals surface area contributed by atoms with Gasteiger partial charge < -0.3 is 4.90 Å². The number of rotatable bonds is 6. The van der Waals surface area contributed by atoms with Crippen LogP contribution in [0.5, 0.6) is 0 Å². The Morgan fingerprint density at radius 1 is 1.00 bits per heavy atom. The van der Waals surface area contributed by atoms with Crippen molar-refractivity contribution >= 4 is 16.8 Å². The minimum atomic E-state index is -0.0955. The molecule has 0 N–H and O–H groups in total. The van der Waals surface area contributed by atoms with Crippen LogP contribution in [0.15, 0.2) is 53.8 Å². The van der Waals surface area contributed by atoms with Crippen LogP contribution in [0.25, 0.3) is 10.9 Å². The zero-order valence-corrected chi connectivity index (χ0v) is 15.8. The van der Waals surface area contributed by atoms with Gasteiger partial charge >= 0.3 is 0 Å². The second-order valence-electron chi connectivity index (χ2n) is 7.00. The molecule has 1 saturated heterocycles. The highest BCUT2D eigenvalue weighted by molar-refractivity contribution is 5.77. The Balaban J connectivity index is 1.27. The summed E-state index contributed by atoms with van der Waals surface area (Å²) in [4.78, 5) is 33.6. The summed E-state index contributed by atoms with van der Waals surface area (Å²) in [5, 5.41) is 4.80. The zero-order chi connectivity index (χ0) is 19.3. The van der Waals surface area contributed by atoms with Crippen molar-refractivity contribution in [3.63, 3.8) is 0 Å². The third kappa shape index (κ3) is 4.12. The summed E-state index contributed by atoms with van der Waals surface area (Å²) in [7, 11) is 0. The van der Waals surface area contributed by atoms with Gasteiger partial charge in [0.15, 0.2) is 0 Å². The van der Waals surface area contributed by atoms with E-state index in [1.165, 1.54) is 10.9 Å². The van der Waals surface area contributed by atoms with E-state index in [4.69, 9.17) is 0 Å². The maximum Gasteiger partial charge on any atom is 0.261 e. The number of benzene rings is 1. The number of nitrogens with zero attached hydrogens (tertiary/aromatic N) is 6. The molecular weight excluding hydrogens is 356 g/mol. The third-order valence-electron chi connectivity index (χ3n) is 5.23. The van der Waals surface area contributed by atoms with Crippen LogP contribution in [0.3, 0.4) is 0 Å². The van der Waals surface area contributed by atoms with E-state index in [-0.39, 0.29) is 11.5 Å². The summed E-state index contributed by atoms with van der Waals surface area (Å²) in [5.74, 6) is 0.0896. The van der Waals surface area contributed by atoms with Crippen LogP contribution >= 0.6 is 0 Å². The molecule has 0 radical (unpaired) electrons. The van der Waals surface area contributed by atoms with Crippen LogP contribution in [0.1, 0.15) is 6.42 Å². The smallest absolute Gasteiger partial charge is 0.261 e. The van der Waals surface area contributed by atoms with Gasteiger partial charge in [-0.1, -0.05) is 12.1 Å². The van der Waals surface area contributed by atoms with Gasteiger partial charge in [0.05, 0.1) is 23.8 Å². The predicted octanol–water partition coefficient (Wildman–Crippen LogP) is 0.827. The van der Waals surface area contributed by atoms with E-state index < -0.39 is 0 Å². The summed E-state index contributed by atoms with van der Waals surface area (Å²) < 4.78 is 3.45. The summed E-state index contributed by atoms with van der Waals surface area (Å²) in [6.07, 6.45) is 5.59. The molecule has 146 valence electrons. The number of amides is 1. The van der Waals surface area contributed by atoms with Gasteiger partial charge in [0.2, 0.25) is 5.91 Å². The maximum atomic E-state index is 12.6. The van der Waals surface area contributed by atoms with Crippen molar-refractivity contribution in [2.24, 2.45) is 0 Å². The minimum absolute atomic E-state index is 0.0896. The van der Waals surface area contributed by atoms with Gasteiger partial charge in [-0.05, 0) is 18.2 Å². The van der Waals surface area contributed by atoms with Crippen molar-refractivity contribution in [2.45, 2.75) is 19.5 Å². The maximum absolute atomic E-state index is 12.6. The van der Waals surface area contributed by atoms with Crippen molar-refractivity contribution in [1.82, 2.24) is 29.1 Å². The highest BCUT2D eigenvalue weighted by Crippen LogP contribution is 2.07. The first-order valence-electron chi connectivity index (χ1n) is 9.62. The lowest BCUT2D eigenvalue weighted by Gasteiger charge is -2.34. The summed E-state index contributed by atoms with van der Waals surface area (Å²) in [5.41, 5.74) is 0.586. The van der Waals surface area contributed by atoms with Crippen LogP contribution in [-0.2, 0) is 17.9 Å². The fraction of sp³-hybridized carbons (Fsp3) is 0.400. The van der Waals surface area contributed by atoms with E-state index in [0.29, 0.717) is 23.9 Å². The number of fused-ring (bicyclic) bond motifs is 1. The molecule has 0 atom stereocenters. The van der Waals surface area contributed by atoms with Crippen molar-refractivity contribution in [3.05, 3.63) is 59.4 Å². The van der Waals surface area contributed by atoms with Gasteiger partial charge in [-0.2, -0.15) is 5.10 Å². The SMILES string of the molecule is O=C(CCn1cnc2ccccc2c1=O)N1CCN(CCn2cccn2)CC1. The van der Waals surface area contributed by atoms with Crippen LogP contribution < -0.4 is 5.56 Å². The molecule has 3 aromatic rings. The molecular formula is C20H24N6O2. The molecule has 2 aromatic heterocycles. The number of para-hydroxylation sites is 1. The first-order chi connectivity index (χ1) is 13.7. The number of carbonyl (C=O) groups is 1. The highest BCUT2D eigenvalue weighted by atomic mass is 16.2. The molecule has 8 heteroatoms. The van der Waals surface area contributed by atoms with Gasteiger partial charge in [0.1, 0.15) is 0 Å². The van der Waals surface area contributed by atoms with E-state index in [0.717, 1.165) is 39.3 Å². The molecule has 1 fully saturated rings. The van der Waals surface area contributed by atoms with Crippen LogP contribution in [0.4, 0.5) is 0 Å². The van der Waals surface area contributed by atoms with E-state index in [2.05, 4.69) is 15.0 Å². The van der Waals surface area contributed by atoms with Crippen molar-refractivity contribution < 1.29 is 4.79 Å². The number of piperazine rings is 1. The molecule has 1 aromatic carbocycles.